The van der Waals surface area contributed by atoms with Crippen LogP contribution in [0.25, 0.3) is 0 Å². The number of carbonyl (C=O) groups is 1. The zero-order chi connectivity index (χ0) is 15.3. The molecule has 4 nitrogen and oxygen atoms in total. The van der Waals surface area contributed by atoms with Gasteiger partial charge < -0.3 is 9.84 Å². The Morgan fingerprint density at radius 2 is 1.65 bits per heavy atom. The van der Waals surface area contributed by atoms with Gasteiger partial charge in [-0.05, 0) is 20.3 Å². The molecule has 20 heavy (non-hydrogen) atoms. The molecule has 1 fully saturated rings. The van der Waals surface area contributed by atoms with E-state index in [-0.39, 0.29) is 5.54 Å². The number of unbranched alkanes of at least 4 members (excludes halogenated alkanes) is 7. The Morgan fingerprint density at radius 3 is 2.00 bits per heavy atom. The summed E-state index contributed by atoms with van der Waals surface area (Å²) >= 11 is 0. The molecule has 0 aromatic rings. The van der Waals surface area contributed by atoms with Crippen LogP contribution in [0, 0.1) is 0 Å². The highest BCUT2D eigenvalue weighted by atomic mass is 16.5. The summed E-state index contributed by atoms with van der Waals surface area (Å²) in [6.45, 7) is 8.02. The van der Waals surface area contributed by atoms with E-state index in [9.17, 15) is 4.79 Å². The van der Waals surface area contributed by atoms with Crippen LogP contribution in [0.1, 0.15) is 78.6 Å². The Labute approximate surface area is 124 Å². The first-order chi connectivity index (χ1) is 9.48. The number of nitrogens with one attached hydrogen (secondary N) is 1. The van der Waals surface area contributed by atoms with E-state index >= 15 is 0 Å². The lowest BCUT2D eigenvalue weighted by Crippen LogP contribution is -2.34. The summed E-state index contributed by atoms with van der Waals surface area (Å²) in [5.41, 5.74) is 0.222. The molecule has 0 aromatic carbocycles. The number of hydrogen-bond acceptors (Lipinski definition) is 3. The number of ether oxygens (including phenoxy) is 1. The van der Waals surface area contributed by atoms with Gasteiger partial charge in [0, 0.05) is 12.0 Å². The minimum absolute atomic E-state index is 0.222. The van der Waals surface area contributed by atoms with Crippen LogP contribution in [0.5, 0.6) is 0 Å². The number of hydrogen-bond donors (Lipinski definition) is 2. The molecule has 2 N–H and O–H groups in total. The predicted molar refractivity (Wildman–Crippen MR) is 82.9 cm³/mol. The lowest BCUT2D eigenvalue weighted by molar-refractivity contribution is -0.137. The third kappa shape index (κ3) is 13.8. The topological polar surface area (TPSA) is 58.6 Å². The van der Waals surface area contributed by atoms with Crippen LogP contribution >= 0.6 is 0 Å². The molecule has 0 bridgehead atoms. The molecule has 120 valence electrons. The molecule has 1 saturated heterocycles. The zero-order valence-corrected chi connectivity index (χ0v) is 13.5. The van der Waals surface area contributed by atoms with Crippen molar-refractivity contribution < 1.29 is 14.6 Å². The van der Waals surface area contributed by atoms with E-state index in [1.165, 1.54) is 38.5 Å². The third-order valence-corrected chi connectivity index (χ3v) is 3.36. The van der Waals surface area contributed by atoms with E-state index < -0.39 is 5.97 Å². The van der Waals surface area contributed by atoms with Gasteiger partial charge >= 0.3 is 5.97 Å². The monoisotopic (exact) mass is 287 g/mol. The van der Waals surface area contributed by atoms with Crippen LogP contribution in [0.15, 0.2) is 0 Å². The fraction of sp³-hybridized carbons (Fsp3) is 0.938. The molecule has 4 heteroatoms. The van der Waals surface area contributed by atoms with Crippen LogP contribution in [0.4, 0.5) is 0 Å². The molecular formula is C16H33NO3. The molecule has 0 spiro atoms. The molecule has 1 aliphatic heterocycles. The average Bonchev–Trinajstić information content (AvgIpc) is 2.78. The Kier molecular flexibility index (Phi) is 11.8. The molecule has 0 saturated carbocycles. The highest BCUT2D eigenvalue weighted by Gasteiger charge is 2.21. The second kappa shape index (κ2) is 12.2. The first kappa shape index (κ1) is 19.4. The standard InChI is InChI=1S/C11H22O2.C5H11NO/c1-2-3-4-5-6-7-8-9-10-11(12)13;1-5(2)3-7-4-6-5/h2-10H2,1H3,(H,12,13);6H,3-4H2,1-2H3. The highest BCUT2D eigenvalue weighted by Crippen LogP contribution is 2.09. The molecule has 0 atom stereocenters. The quantitative estimate of drug-likeness (QED) is 0.631. The van der Waals surface area contributed by atoms with E-state index in [4.69, 9.17) is 9.84 Å². The fourth-order valence-corrected chi connectivity index (χ4v) is 2.01. The lowest BCUT2D eigenvalue weighted by Gasteiger charge is -2.12. The average molecular weight is 287 g/mol. The van der Waals surface area contributed by atoms with Gasteiger partial charge in [-0.3, -0.25) is 10.1 Å². The summed E-state index contributed by atoms with van der Waals surface area (Å²) in [5, 5.41) is 11.6. The SMILES string of the molecule is CC1(C)COCN1.CCCCCCCCCCC(=O)O. The Bertz CT molecular complexity index is 234. The van der Waals surface area contributed by atoms with Crippen molar-refractivity contribution in [2.75, 3.05) is 13.3 Å². The van der Waals surface area contributed by atoms with Gasteiger partial charge in [0.2, 0.25) is 0 Å². The molecule has 1 rings (SSSR count). The molecule has 0 aromatic heterocycles. The van der Waals surface area contributed by atoms with Gasteiger partial charge in [-0.25, -0.2) is 0 Å². The fourth-order valence-electron chi connectivity index (χ4n) is 2.01. The van der Waals surface area contributed by atoms with Gasteiger partial charge in [-0.2, -0.15) is 0 Å². The highest BCUT2D eigenvalue weighted by molar-refractivity contribution is 5.66. The van der Waals surface area contributed by atoms with Gasteiger partial charge in [-0.1, -0.05) is 51.9 Å². The Balaban J connectivity index is 0.000000428. The molecule has 0 unspecified atom stereocenters. The summed E-state index contributed by atoms with van der Waals surface area (Å²) in [6.07, 6.45) is 10.1. The maximum Gasteiger partial charge on any atom is 0.303 e. The van der Waals surface area contributed by atoms with Crippen molar-refractivity contribution in [3.05, 3.63) is 0 Å². The van der Waals surface area contributed by atoms with E-state index in [1.807, 2.05) is 0 Å². The second-order valence-electron chi connectivity index (χ2n) is 6.17. The molecular weight excluding hydrogens is 254 g/mol. The lowest BCUT2D eigenvalue weighted by atomic mass is 10.1. The van der Waals surface area contributed by atoms with Crippen molar-refractivity contribution in [2.45, 2.75) is 84.1 Å². The van der Waals surface area contributed by atoms with Crippen LogP contribution in [0.3, 0.4) is 0 Å². The maximum absolute atomic E-state index is 10.2. The van der Waals surface area contributed by atoms with Crippen molar-refractivity contribution in [1.82, 2.24) is 5.32 Å². The van der Waals surface area contributed by atoms with Gasteiger partial charge in [-0.15, -0.1) is 0 Å². The van der Waals surface area contributed by atoms with Gasteiger partial charge in [0.25, 0.3) is 0 Å². The minimum Gasteiger partial charge on any atom is -0.481 e. The molecule has 0 aliphatic carbocycles. The normalized spacial score (nSPS) is 16.6. The summed E-state index contributed by atoms with van der Waals surface area (Å²) in [4.78, 5) is 10.2. The van der Waals surface area contributed by atoms with Crippen LogP contribution in [0.2, 0.25) is 0 Å². The van der Waals surface area contributed by atoms with E-state index in [0.29, 0.717) is 13.2 Å². The van der Waals surface area contributed by atoms with Crippen molar-refractivity contribution in [1.29, 1.82) is 0 Å². The van der Waals surface area contributed by atoms with Crippen molar-refractivity contribution >= 4 is 5.97 Å². The first-order valence-corrected chi connectivity index (χ1v) is 8.02. The van der Waals surface area contributed by atoms with Crippen molar-refractivity contribution in [2.24, 2.45) is 0 Å². The number of carboxylic acid groups (broad SMARTS) is 1. The maximum atomic E-state index is 10.2. The first-order valence-electron chi connectivity index (χ1n) is 8.02. The van der Waals surface area contributed by atoms with E-state index in [0.717, 1.165) is 19.4 Å². The minimum atomic E-state index is -0.661. The number of carboxylic acids is 1. The van der Waals surface area contributed by atoms with Gasteiger partial charge in [0.15, 0.2) is 0 Å². The molecule has 1 aliphatic rings. The van der Waals surface area contributed by atoms with Crippen molar-refractivity contribution in [3.8, 4) is 0 Å². The number of rotatable bonds is 9. The van der Waals surface area contributed by atoms with Gasteiger partial charge in [0.05, 0.1) is 13.3 Å². The third-order valence-electron chi connectivity index (χ3n) is 3.36. The Morgan fingerprint density at radius 1 is 1.10 bits per heavy atom. The largest absolute Gasteiger partial charge is 0.481 e. The van der Waals surface area contributed by atoms with E-state index in [2.05, 4.69) is 26.1 Å². The smallest absolute Gasteiger partial charge is 0.303 e. The van der Waals surface area contributed by atoms with Crippen molar-refractivity contribution in [3.63, 3.8) is 0 Å². The van der Waals surface area contributed by atoms with Crippen LogP contribution in [-0.4, -0.2) is 30.0 Å². The zero-order valence-electron chi connectivity index (χ0n) is 13.5. The summed E-state index contributed by atoms with van der Waals surface area (Å²) in [7, 11) is 0. The van der Waals surface area contributed by atoms with Crippen LogP contribution in [-0.2, 0) is 9.53 Å². The van der Waals surface area contributed by atoms with Gasteiger partial charge in [0.1, 0.15) is 0 Å². The number of aliphatic carboxylic acids is 1. The molecule has 0 radical (unpaired) electrons. The Hall–Kier alpha value is -0.610. The summed E-state index contributed by atoms with van der Waals surface area (Å²) < 4.78 is 5.05. The predicted octanol–water partition coefficient (Wildman–Crippen LogP) is 3.94. The van der Waals surface area contributed by atoms with Crippen LogP contribution < -0.4 is 5.32 Å². The molecule has 0 amide bonds. The summed E-state index contributed by atoms with van der Waals surface area (Å²) in [5.74, 6) is -0.661. The van der Waals surface area contributed by atoms with E-state index in [1.54, 1.807) is 0 Å². The second-order valence-corrected chi connectivity index (χ2v) is 6.17. The molecule has 1 heterocycles. The summed E-state index contributed by atoms with van der Waals surface area (Å²) in [6, 6.07) is 0.